The Morgan fingerprint density at radius 3 is 2.54 bits per heavy atom. The molecule has 194 valence electrons. The Morgan fingerprint density at radius 2 is 1.89 bits per heavy atom. The van der Waals surface area contributed by atoms with Crippen LogP contribution in [-0.2, 0) is 19.1 Å². The first-order chi connectivity index (χ1) is 16.7. The molecule has 1 N–H and O–H groups in total. The van der Waals surface area contributed by atoms with Gasteiger partial charge in [-0.2, -0.15) is 0 Å². The molecule has 1 aromatic carbocycles. The number of amides is 3. The normalized spacial score (nSPS) is 24.6. The summed E-state index contributed by atoms with van der Waals surface area (Å²) >= 11 is 0. The van der Waals surface area contributed by atoms with Gasteiger partial charge < -0.3 is 29.3 Å². The van der Waals surface area contributed by atoms with Crippen molar-refractivity contribution in [3.05, 3.63) is 23.8 Å². The first kappa shape index (κ1) is 26.9. The lowest BCUT2D eigenvalue weighted by Gasteiger charge is -2.36. The molecule has 3 amide bonds. The average molecular weight is 490 g/mol. The predicted molar refractivity (Wildman–Crippen MR) is 132 cm³/mol. The van der Waals surface area contributed by atoms with Crippen molar-refractivity contribution in [1.82, 2.24) is 9.80 Å². The van der Waals surface area contributed by atoms with Crippen LogP contribution in [0.2, 0.25) is 0 Å². The molecular weight excluding hydrogens is 450 g/mol. The zero-order valence-electron chi connectivity index (χ0n) is 21.5. The summed E-state index contributed by atoms with van der Waals surface area (Å²) < 4.78 is 17.2. The minimum Gasteiger partial charge on any atom is -0.491 e. The van der Waals surface area contributed by atoms with E-state index in [1.54, 1.807) is 37.3 Å². The standard InChI is InChI=1S/C26H39N3O6/c1-6-24(30)29-14-17(2)23(33-5)15-28(4)26(32)21-13-20(7-8-22(21)35-16-18(29)3)27-25(31)19-9-11-34-12-10-19/h7-8,13,17-19,23H,6,9-12,14-16H2,1-5H3,(H,27,31)/t17-,18-,23-/m0/s1. The minimum atomic E-state index is -0.247. The second-order valence-corrected chi connectivity index (χ2v) is 9.58. The van der Waals surface area contributed by atoms with Crippen molar-refractivity contribution in [3.63, 3.8) is 0 Å². The molecule has 0 radical (unpaired) electrons. The molecule has 2 heterocycles. The summed E-state index contributed by atoms with van der Waals surface area (Å²) in [6.45, 7) is 8.10. The van der Waals surface area contributed by atoms with Crippen LogP contribution < -0.4 is 10.1 Å². The highest BCUT2D eigenvalue weighted by Gasteiger charge is 2.30. The molecule has 9 heteroatoms. The SMILES string of the molecule is CCC(=O)N1C[C@H](C)[C@@H](OC)CN(C)C(=O)c2cc(NC(=O)C3CCOCC3)ccc2OC[C@@H]1C. The van der Waals surface area contributed by atoms with Crippen LogP contribution in [0.1, 0.15) is 50.4 Å². The largest absolute Gasteiger partial charge is 0.491 e. The third kappa shape index (κ3) is 6.73. The number of likely N-dealkylation sites (N-methyl/N-ethyl adjacent to an activating group) is 1. The Balaban J connectivity index is 1.90. The summed E-state index contributed by atoms with van der Waals surface area (Å²) in [5, 5.41) is 2.95. The summed E-state index contributed by atoms with van der Waals surface area (Å²) in [4.78, 5) is 42.3. The fourth-order valence-corrected chi connectivity index (χ4v) is 4.61. The Labute approximate surface area is 208 Å². The molecule has 2 aliphatic heterocycles. The van der Waals surface area contributed by atoms with E-state index in [1.807, 2.05) is 25.7 Å². The van der Waals surface area contributed by atoms with E-state index in [0.29, 0.717) is 62.6 Å². The zero-order chi connectivity index (χ0) is 25.5. The quantitative estimate of drug-likeness (QED) is 0.699. The van der Waals surface area contributed by atoms with Gasteiger partial charge in [-0.1, -0.05) is 13.8 Å². The Kier molecular flexibility index (Phi) is 9.51. The monoisotopic (exact) mass is 489 g/mol. The number of anilines is 1. The second kappa shape index (κ2) is 12.4. The smallest absolute Gasteiger partial charge is 0.257 e. The average Bonchev–Trinajstić information content (AvgIpc) is 2.88. The van der Waals surface area contributed by atoms with Crippen molar-refractivity contribution in [2.45, 2.75) is 52.2 Å². The number of ether oxygens (including phenoxy) is 3. The van der Waals surface area contributed by atoms with E-state index < -0.39 is 0 Å². The van der Waals surface area contributed by atoms with Crippen molar-refractivity contribution < 1.29 is 28.6 Å². The summed E-state index contributed by atoms with van der Waals surface area (Å²) in [7, 11) is 3.35. The number of carbonyl (C=O) groups excluding carboxylic acids is 3. The van der Waals surface area contributed by atoms with Crippen molar-refractivity contribution in [3.8, 4) is 5.75 Å². The van der Waals surface area contributed by atoms with E-state index in [4.69, 9.17) is 14.2 Å². The minimum absolute atomic E-state index is 0.0113. The molecule has 9 nitrogen and oxygen atoms in total. The van der Waals surface area contributed by atoms with E-state index in [2.05, 4.69) is 5.32 Å². The number of carbonyl (C=O) groups is 3. The molecular formula is C26H39N3O6. The van der Waals surface area contributed by atoms with Gasteiger partial charge in [0.2, 0.25) is 11.8 Å². The van der Waals surface area contributed by atoms with Crippen LogP contribution in [0.3, 0.4) is 0 Å². The highest BCUT2D eigenvalue weighted by Crippen LogP contribution is 2.27. The molecule has 0 aliphatic carbocycles. The lowest BCUT2D eigenvalue weighted by atomic mass is 9.99. The number of methoxy groups -OCH3 is 1. The molecule has 1 fully saturated rings. The number of hydrogen-bond acceptors (Lipinski definition) is 6. The van der Waals surface area contributed by atoms with Crippen LogP contribution in [0.15, 0.2) is 18.2 Å². The van der Waals surface area contributed by atoms with Gasteiger partial charge in [0, 0.05) is 64.4 Å². The summed E-state index contributed by atoms with van der Waals surface area (Å²) in [5.74, 6) is 0.0910. The van der Waals surface area contributed by atoms with Gasteiger partial charge in [-0.3, -0.25) is 14.4 Å². The van der Waals surface area contributed by atoms with Crippen molar-refractivity contribution in [1.29, 1.82) is 0 Å². The van der Waals surface area contributed by atoms with E-state index in [1.165, 1.54) is 0 Å². The third-order valence-corrected chi connectivity index (χ3v) is 6.93. The van der Waals surface area contributed by atoms with Crippen LogP contribution >= 0.6 is 0 Å². The molecule has 0 bridgehead atoms. The first-order valence-electron chi connectivity index (χ1n) is 12.5. The molecule has 1 saturated heterocycles. The summed E-state index contributed by atoms with van der Waals surface area (Å²) in [6, 6.07) is 4.94. The van der Waals surface area contributed by atoms with Crippen molar-refractivity contribution in [2.75, 3.05) is 52.4 Å². The van der Waals surface area contributed by atoms with Crippen molar-refractivity contribution in [2.24, 2.45) is 11.8 Å². The fraction of sp³-hybridized carbons (Fsp3) is 0.654. The molecule has 3 rings (SSSR count). The van der Waals surface area contributed by atoms with Gasteiger partial charge in [0.1, 0.15) is 12.4 Å². The zero-order valence-corrected chi connectivity index (χ0v) is 21.5. The molecule has 1 aromatic rings. The highest BCUT2D eigenvalue weighted by molar-refractivity contribution is 5.99. The van der Waals surface area contributed by atoms with Gasteiger partial charge in [-0.25, -0.2) is 0 Å². The second-order valence-electron chi connectivity index (χ2n) is 9.58. The topological polar surface area (TPSA) is 97.4 Å². The van der Waals surface area contributed by atoms with Crippen LogP contribution in [0.5, 0.6) is 5.75 Å². The highest BCUT2D eigenvalue weighted by atomic mass is 16.5. The summed E-state index contributed by atoms with van der Waals surface area (Å²) in [5.41, 5.74) is 0.908. The maximum Gasteiger partial charge on any atom is 0.257 e. The molecule has 0 saturated carbocycles. The molecule has 0 spiro atoms. The molecule has 3 atom stereocenters. The molecule has 35 heavy (non-hydrogen) atoms. The van der Waals surface area contributed by atoms with Crippen LogP contribution in [-0.4, -0.2) is 86.7 Å². The van der Waals surface area contributed by atoms with Gasteiger partial charge >= 0.3 is 0 Å². The van der Waals surface area contributed by atoms with E-state index >= 15 is 0 Å². The maximum absolute atomic E-state index is 13.5. The van der Waals surface area contributed by atoms with Crippen molar-refractivity contribution >= 4 is 23.4 Å². The number of benzene rings is 1. The van der Waals surface area contributed by atoms with Gasteiger partial charge in [0.25, 0.3) is 5.91 Å². The molecule has 0 unspecified atom stereocenters. The van der Waals surface area contributed by atoms with E-state index in [0.717, 1.165) is 0 Å². The first-order valence-corrected chi connectivity index (χ1v) is 12.5. The van der Waals surface area contributed by atoms with Gasteiger partial charge in [-0.05, 0) is 38.0 Å². The van der Waals surface area contributed by atoms with Crippen LogP contribution in [0, 0.1) is 11.8 Å². The van der Waals surface area contributed by atoms with Gasteiger partial charge in [-0.15, -0.1) is 0 Å². The Bertz CT molecular complexity index is 901. The number of rotatable bonds is 4. The number of nitrogens with zero attached hydrogens (tertiary/aromatic N) is 2. The van der Waals surface area contributed by atoms with Crippen LogP contribution in [0.25, 0.3) is 0 Å². The Hall–Kier alpha value is -2.65. The third-order valence-electron chi connectivity index (χ3n) is 6.93. The van der Waals surface area contributed by atoms with Gasteiger partial charge in [0.05, 0.1) is 17.7 Å². The number of nitrogens with one attached hydrogen (secondary N) is 1. The molecule has 2 aliphatic rings. The Morgan fingerprint density at radius 1 is 1.17 bits per heavy atom. The van der Waals surface area contributed by atoms with E-state index in [-0.39, 0.29) is 48.3 Å². The lowest BCUT2D eigenvalue weighted by Crippen LogP contribution is -2.48. The summed E-state index contributed by atoms with van der Waals surface area (Å²) in [6.07, 6.45) is 1.52. The predicted octanol–water partition coefficient (Wildman–Crippen LogP) is 2.79. The number of hydrogen-bond donors (Lipinski definition) is 1. The number of fused-ring (bicyclic) bond motifs is 1. The van der Waals surface area contributed by atoms with Gasteiger partial charge in [0.15, 0.2) is 0 Å². The maximum atomic E-state index is 13.5. The lowest BCUT2D eigenvalue weighted by molar-refractivity contribution is -0.135. The van der Waals surface area contributed by atoms with E-state index in [9.17, 15) is 14.4 Å². The molecule has 0 aromatic heterocycles. The fourth-order valence-electron chi connectivity index (χ4n) is 4.61. The van der Waals surface area contributed by atoms with Crippen LogP contribution in [0.4, 0.5) is 5.69 Å².